The van der Waals surface area contributed by atoms with Gasteiger partial charge in [0.1, 0.15) is 16.7 Å². The van der Waals surface area contributed by atoms with Gasteiger partial charge < -0.3 is 13.6 Å². The van der Waals surface area contributed by atoms with Crippen molar-refractivity contribution >= 4 is 16.9 Å². The summed E-state index contributed by atoms with van der Waals surface area (Å²) in [5.41, 5.74) is 1.97. The first-order valence-electron chi connectivity index (χ1n) is 7.32. The molecule has 0 aliphatic carbocycles. The monoisotopic (exact) mass is 312 g/mol. The number of carbonyl (C=O) groups excluding carboxylic acids is 1. The predicted octanol–water partition coefficient (Wildman–Crippen LogP) is 3.85. The normalized spacial score (nSPS) is 10.9. The van der Waals surface area contributed by atoms with Crippen LogP contribution in [0.1, 0.15) is 28.8 Å². The SMILES string of the molecule is CCOC(=O)c1oc2cc(C)oc(=O)c2c1-c1ccc(C)cc1. The summed E-state index contributed by atoms with van der Waals surface area (Å²) >= 11 is 0. The summed E-state index contributed by atoms with van der Waals surface area (Å²) in [4.78, 5) is 24.5. The number of carbonyl (C=O) groups is 1. The minimum atomic E-state index is -0.601. The van der Waals surface area contributed by atoms with Crippen LogP contribution in [0.15, 0.2) is 44.0 Å². The third kappa shape index (κ3) is 2.65. The lowest BCUT2D eigenvalue weighted by atomic mass is 10.0. The van der Waals surface area contributed by atoms with Gasteiger partial charge in [-0.2, -0.15) is 0 Å². The fourth-order valence-electron chi connectivity index (χ4n) is 2.50. The summed E-state index contributed by atoms with van der Waals surface area (Å²) in [6.07, 6.45) is 0. The fourth-order valence-corrected chi connectivity index (χ4v) is 2.50. The summed E-state index contributed by atoms with van der Waals surface area (Å²) < 4.78 is 15.8. The molecule has 5 nitrogen and oxygen atoms in total. The van der Waals surface area contributed by atoms with Crippen LogP contribution in [-0.4, -0.2) is 12.6 Å². The van der Waals surface area contributed by atoms with Crippen molar-refractivity contribution in [3.8, 4) is 11.1 Å². The number of ether oxygens (including phenoxy) is 1. The van der Waals surface area contributed by atoms with Gasteiger partial charge in [-0.3, -0.25) is 0 Å². The van der Waals surface area contributed by atoms with E-state index in [1.807, 2.05) is 31.2 Å². The zero-order chi connectivity index (χ0) is 16.6. The van der Waals surface area contributed by atoms with E-state index in [-0.39, 0.29) is 17.8 Å². The van der Waals surface area contributed by atoms with E-state index in [0.29, 0.717) is 22.5 Å². The molecule has 0 radical (unpaired) electrons. The second-order valence-electron chi connectivity index (χ2n) is 5.28. The second kappa shape index (κ2) is 5.76. The molecular formula is C18H16O5. The number of benzene rings is 1. The summed E-state index contributed by atoms with van der Waals surface area (Å²) in [5, 5.41) is 0.252. The molecule has 0 saturated carbocycles. The molecule has 1 aromatic carbocycles. The zero-order valence-corrected chi connectivity index (χ0v) is 13.1. The Labute approximate surface area is 132 Å². The van der Waals surface area contributed by atoms with Crippen molar-refractivity contribution in [3.05, 3.63) is 57.8 Å². The van der Waals surface area contributed by atoms with Crippen LogP contribution in [0.4, 0.5) is 0 Å². The van der Waals surface area contributed by atoms with E-state index >= 15 is 0 Å². The Morgan fingerprint density at radius 1 is 1.13 bits per heavy atom. The van der Waals surface area contributed by atoms with Gasteiger partial charge in [0, 0.05) is 6.07 Å². The van der Waals surface area contributed by atoms with Gasteiger partial charge in [-0.15, -0.1) is 0 Å². The molecule has 0 unspecified atom stereocenters. The van der Waals surface area contributed by atoms with Gasteiger partial charge in [0.15, 0.2) is 0 Å². The number of hydrogen-bond acceptors (Lipinski definition) is 5. The Hall–Kier alpha value is -2.82. The first-order chi connectivity index (χ1) is 11.0. The van der Waals surface area contributed by atoms with Crippen molar-refractivity contribution in [2.75, 3.05) is 6.61 Å². The van der Waals surface area contributed by atoms with Gasteiger partial charge in [-0.25, -0.2) is 9.59 Å². The van der Waals surface area contributed by atoms with Crippen molar-refractivity contribution < 1.29 is 18.4 Å². The molecule has 0 aliphatic rings. The Balaban J connectivity index is 2.35. The van der Waals surface area contributed by atoms with Crippen LogP contribution in [0.2, 0.25) is 0 Å². The molecule has 3 aromatic rings. The molecule has 0 fully saturated rings. The summed E-state index contributed by atoms with van der Waals surface area (Å²) in [5.74, 6) is -0.165. The molecule has 23 heavy (non-hydrogen) atoms. The molecule has 0 saturated heterocycles. The van der Waals surface area contributed by atoms with E-state index in [0.717, 1.165) is 5.56 Å². The molecule has 118 valence electrons. The summed E-state index contributed by atoms with van der Waals surface area (Å²) in [6, 6.07) is 9.07. The standard InChI is InChI=1S/C18H16O5/c1-4-21-18(20)16-14(12-7-5-10(2)6-8-12)15-13(23-16)9-11(3)22-17(15)19/h5-9H,4H2,1-3H3. The highest BCUT2D eigenvalue weighted by Crippen LogP contribution is 2.34. The van der Waals surface area contributed by atoms with Crippen LogP contribution < -0.4 is 5.63 Å². The van der Waals surface area contributed by atoms with E-state index in [2.05, 4.69) is 0 Å². The lowest BCUT2D eigenvalue weighted by molar-refractivity contribution is 0.0494. The largest absolute Gasteiger partial charge is 0.460 e. The van der Waals surface area contributed by atoms with Crippen LogP contribution in [0.25, 0.3) is 22.1 Å². The Morgan fingerprint density at radius 2 is 1.83 bits per heavy atom. The molecular weight excluding hydrogens is 296 g/mol. The average molecular weight is 312 g/mol. The molecule has 2 aromatic heterocycles. The van der Waals surface area contributed by atoms with Gasteiger partial charge in [0.25, 0.3) is 0 Å². The van der Waals surface area contributed by atoms with Crippen molar-refractivity contribution in [2.24, 2.45) is 0 Å². The maximum absolute atomic E-state index is 12.3. The van der Waals surface area contributed by atoms with E-state index < -0.39 is 11.6 Å². The number of furan rings is 1. The quantitative estimate of drug-likeness (QED) is 0.687. The van der Waals surface area contributed by atoms with E-state index in [1.54, 1.807) is 19.9 Å². The van der Waals surface area contributed by atoms with Gasteiger partial charge in [-0.05, 0) is 26.3 Å². The molecule has 0 aliphatic heterocycles. The number of fused-ring (bicyclic) bond motifs is 1. The van der Waals surface area contributed by atoms with Crippen LogP contribution in [0.3, 0.4) is 0 Å². The molecule has 2 heterocycles. The van der Waals surface area contributed by atoms with E-state index in [4.69, 9.17) is 13.6 Å². The minimum Gasteiger partial charge on any atom is -0.460 e. The smallest absolute Gasteiger partial charge is 0.374 e. The minimum absolute atomic E-state index is 0.0172. The molecule has 5 heteroatoms. The van der Waals surface area contributed by atoms with Crippen molar-refractivity contribution in [3.63, 3.8) is 0 Å². The first-order valence-corrected chi connectivity index (χ1v) is 7.32. The number of aryl methyl sites for hydroxylation is 2. The van der Waals surface area contributed by atoms with Crippen molar-refractivity contribution in [1.29, 1.82) is 0 Å². The van der Waals surface area contributed by atoms with Crippen molar-refractivity contribution in [1.82, 2.24) is 0 Å². The first kappa shape index (κ1) is 15.1. The third-order valence-corrected chi connectivity index (χ3v) is 3.53. The van der Waals surface area contributed by atoms with Crippen LogP contribution in [0.5, 0.6) is 0 Å². The third-order valence-electron chi connectivity index (χ3n) is 3.53. The number of rotatable bonds is 3. The molecule has 0 N–H and O–H groups in total. The maximum atomic E-state index is 12.3. The highest BCUT2D eigenvalue weighted by Gasteiger charge is 2.25. The number of esters is 1. The second-order valence-corrected chi connectivity index (χ2v) is 5.28. The molecule has 3 rings (SSSR count). The topological polar surface area (TPSA) is 69.7 Å². The Bertz CT molecular complexity index is 928. The van der Waals surface area contributed by atoms with Gasteiger partial charge in [-0.1, -0.05) is 29.8 Å². The summed E-state index contributed by atoms with van der Waals surface area (Å²) in [7, 11) is 0. The van der Waals surface area contributed by atoms with Gasteiger partial charge >= 0.3 is 11.6 Å². The van der Waals surface area contributed by atoms with Gasteiger partial charge in [0.05, 0.1) is 12.2 Å². The predicted molar refractivity (Wildman–Crippen MR) is 85.6 cm³/mol. The molecule has 0 atom stereocenters. The molecule has 0 spiro atoms. The van der Waals surface area contributed by atoms with Crippen LogP contribution in [-0.2, 0) is 4.74 Å². The van der Waals surface area contributed by atoms with Gasteiger partial charge in [0.2, 0.25) is 5.76 Å². The molecule has 0 amide bonds. The highest BCUT2D eigenvalue weighted by molar-refractivity contribution is 6.05. The lowest BCUT2D eigenvalue weighted by Gasteiger charge is -2.03. The maximum Gasteiger partial charge on any atom is 0.374 e. The Morgan fingerprint density at radius 3 is 2.48 bits per heavy atom. The van der Waals surface area contributed by atoms with E-state index in [1.165, 1.54) is 0 Å². The van der Waals surface area contributed by atoms with Crippen LogP contribution >= 0.6 is 0 Å². The zero-order valence-electron chi connectivity index (χ0n) is 13.1. The van der Waals surface area contributed by atoms with Crippen molar-refractivity contribution in [2.45, 2.75) is 20.8 Å². The Kier molecular flexibility index (Phi) is 3.78. The molecule has 0 bridgehead atoms. The highest BCUT2D eigenvalue weighted by atomic mass is 16.5. The average Bonchev–Trinajstić information content (AvgIpc) is 2.88. The number of hydrogen-bond donors (Lipinski definition) is 0. The lowest BCUT2D eigenvalue weighted by Crippen LogP contribution is -2.06. The van der Waals surface area contributed by atoms with Crippen LogP contribution in [0, 0.1) is 13.8 Å². The summed E-state index contributed by atoms with van der Waals surface area (Å²) in [6.45, 7) is 5.54. The van der Waals surface area contributed by atoms with E-state index in [9.17, 15) is 9.59 Å². The fraction of sp³-hybridized carbons (Fsp3) is 0.222.